The molecule has 1 N–H and O–H groups in total. The zero-order chi connectivity index (χ0) is 12.4. The molecule has 17 heavy (non-hydrogen) atoms. The number of esters is 1. The molecule has 1 heterocycles. The van der Waals surface area contributed by atoms with Gasteiger partial charge in [0.05, 0.1) is 18.2 Å². The summed E-state index contributed by atoms with van der Waals surface area (Å²) in [5, 5.41) is 10.3. The van der Waals surface area contributed by atoms with Crippen LogP contribution in [-0.2, 0) is 11.3 Å². The highest BCUT2D eigenvalue weighted by atomic mass is 35.5. The Morgan fingerprint density at radius 2 is 2.29 bits per heavy atom. The van der Waals surface area contributed by atoms with Gasteiger partial charge < -0.3 is 9.84 Å². The molecule has 90 valence electrons. The van der Waals surface area contributed by atoms with Crippen molar-refractivity contribution in [1.29, 1.82) is 0 Å². The van der Waals surface area contributed by atoms with Gasteiger partial charge in [-0.15, -0.1) is 11.3 Å². The highest BCUT2D eigenvalue weighted by molar-refractivity contribution is 7.21. The van der Waals surface area contributed by atoms with Gasteiger partial charge in [-0.25, -0.2) is 4.79 Å². The summed E-state index contributed by atoms with van der Waals surface area (Å²) in [4.78, 5) is 12.1. The predicted molar refractivity (Wildman–Crippen MR) is 68.7 cm³/mol. The van der Waals surface area contributed by atoms with E-state index < -0.39 is 5.97 Å². The van der Waals surface area contributed by atoms with E-state index in [1.54, 1.807) is 13.0 Å². The third kappa shape index (κ3) is 2.29. The van der Waals surface area contributed by atoms with E-state index in [0.29, 0.717) is 16.5 Å². The van der Waals surface area contributed by atoms with Crippen molar-refractivity contribution in [2.75, 3.05) is 6.61 Å². The standard InChI is InChI=1S/C12H11ClO3S/c1-2-16-12(15)11-10(13)8-4-3-7(6-14)5-9(8)17-11/h3-5,14H,2,6H2,1H3. The Hall–Kier alpha value is -1.10. The van der Waals surface area contributed by atoms with Gasteiger partial charge in [0.1, 0.15) is 4.88 Å². The van der Waals surface area contributed by atoms with Gasteiger partial charge in [0, 0.05) is 10.1 Å². The van der Waals surface area contributed by atoms with Crippen LogP contribution in [0.15, 0.2) is 18.2 Å². The van der Waals surface area contributed by atoms with Crippen molar-refractivity contribution in [3.05, 3.63) is 33.7 Å². The van der Waals surface area contributed by atoms with Crippen LogP contribution in [0.4, 0.5) is 0 Å². The zero-order valence-electron chi connectivity index (χ0n) is 9.20. The minimum Gasteiger partial charge on any atom is -0.462 e. The lowest BCUT2D eigenvalue weighted by atomic mass is 10.2. The normalized spacial score (nSPS) is 10.8. The van der Waals surface area contributed by atoms with E-state index >= 15 is 0 Å². The van der Waals surface area contributed by atoms with Crippen LogP contribution in [-0.4, -0.2) is 17.7 Å². The van der Waals surface area contributed by atoms with Crippen LogP contribution in [0.5, 0.6) is 0 Å². The summed E-state index contributed by atoms with van der Waals surface area (Å²) >= 11 is 7.41. The molecule has 2 aromatic rings. The Labute approximate surface area is 108 Å². The molecule has 0 radical (unpaired) electrons. The average molecular weight is 271 g/mol. The molecule has 2 rings (SSSR count). The molecule has 3 nitrogen and oxygen atoms in total. The fraction of sp³-hybridized carbons (Fsp3) is 0.250. The molecule has 0 amide bonds. The number of carbonyl (C=O) groups is 1. The Morgan fingerprint density at radius 3 is 2.94 bits per heavy atom. The van der Waals surface area contributed by atoms with Gasteiger partial charge in [-0.2, -0.15) is 0 Å². The Morgan fingerprint density at radius 1 is 1.53 bits per heavy atom. The van der Waals surface area contributed by atoms with E-state index in [-0.39, 0.29) is 6.61 Å². The van der Waals surface area contributed by atoms with Gasteiger partial charge in [0.25, 0.3) is 0 Å². The van der Waals surface area contributed by atoms with E-state index in [1.165, 1.54) is 11.3 Å². The molecule has 0 spiro atoms. The van der Waals surface area contributed by atoms with E-state index in [4.69, 9.17) is 21.4 Å². The first-order valence-corrected chi connectivity index (χ1v) is 6.35. The summed E-state index contributed by atoms with van der Waals surface area (Å²) in [6.07, 6.45) is 0. The first-order valence-electron chi connectivity index (χ1n) is 5.16. The molecule has 0 saturated carbocycles. The number of carbonyl (C=O) groups excluding carboxylic acids is 1. The number of benzene rings is 1. The first kappa shape index (κ1) is 12.4. The number of ether oxygens (including phenoxy) is 1. The second-order valence-corrected chi connectivity index (χ2v) is 4.88. The maximum atomic E-state index is 11.6. The summed E-state index contributed by atoms with van der Waals surface area (Å²) in [5.74, 6) is -0.399. The molecule has 0 aliphatic heterocycles. The molecular weight excluding hydrogens is 260 g/mol. The van der Waals surface area contributed by atoms with Crippen molar-refractivity contribution < 1.29 is 14.6 Å². The number of aliphatic hydroxyl groups excluding tert-OH is 1. The van der Waals surface area contributed by atoms with Crippen LogP contribution < -0.4 is 0 Å². The van der Waals surface area contributed by atoms with Gasteiger partial charge in [-0.1, -0.05) is 23.7 Å². The van der Waals surface area contributed by atoms with Gasteiger partial charge in [-0.3, -0.25) is 0 Å². The highest BCUT2D eigenvalue weighted by Crippen LogP contribution is 2.36. The lowest BCUT2D eigenvalue weighted by Crippen LogP contribution is -2.02. The lowest BCUT2D eigenvalue weighted by Gasteiger charge is -1.98. The summed E-state index contributed by atoms with van der Waals surface area (Å²) in [5.41, 5.74) is 0.797. The number of hydrogen-bond donors (Lipinski definition) is 1. The Kier molecular flexibility index (Phi) is 3.66. The number of halogens is 1. The topological polar surface area (TPSA) is 46.5 Å². The van der Waals surface area contributed by atoms with Gasteiger partial charge in [0.15, 0.2) is 0 Å². The number of fused-ring (bicyclic) bond motifs is 1. The molecule has 0 saturated heterocycles. The number of aliphatic hydroxyl groups is 1. The van der Waals surface area contributed by atoms with Crippen LogP contribution in [0.1, 0.15) is 22.2 Å². The molecular formula is C12H11ClO3S. The zero-order valence-corrected chi connectivity index (χ0v) is 10.8. The van der Waals surface area contributed by atoms with Crippen molar-refractivity contribution in [3.8, 4) is 0 Å². The largest absolute Gasteiger partial charge is 0.462 e. The molecule has 0 atom stereocenters. The molecule has 0 aliphatic carbocycles. The minimum absolute atomic E-state index is 0.0276. The van der Waals surface area contributed by atoms with Gasteiger partial charge in [-0.05, 0) is 18.6 Å². The summed E-state index contributed by atoms with van der Waals surface area (Å²) in [6.45, 7) is 2.05. The van der Waals surface area contributed by atoms with E-state index in [1.807, 2.05) is 12.1 Å². The number of rotatable bonds is 3. The van der Waals surface area contributed by atoms with Crippen molar-refractivity contribution >= 4 is 39.0 Å². The smallest absolute Gasteiger partial charge is 0.349 e. The second-order valence-electron chi connectivity index (χ2n) is 3.45. The maximum absolute atomic E-state index is 11.6. The molecule has 0 aliphatic rings. The third-order valence-corrected chi connectivity index (χ3v) is 3.97. The van der Waals surface area contributed by atoms with E-state index in [9.17, 15) is 4.79 Å². The first-order chi connectivity index (χ1) is 8.17. The quantitative estimate of drug-likeness (QED) is 0.871. The predicted octanol–water partition coefficient (Wildman–Crippen LogP) is 3.22. The molecule has 1 aromatic heterocycles. The van der Waals surface area contributed by atoms with Crippen molar-refractivity contribution in [1.82, 2.24) is 0 Å². The van der Waals surface area contributed by atoms with E-state index in [2.05, 4.69) is 0 Å². The monoisotopic (exact) mass is 270 g/mol. The summed E-state index contributed by atoms with van der Waals surface area (Å²) in [6, 6.07) is 5.42. The van der Waals surface area contributed by atoms with Gasteiger partial charge >= 0.3 is 5.97 Å². The molecule has 0 unspecified atom stereocenters. The molecule has 5 heteroatoms. The average Bonchev–Trinajstić information content (AvgIpc) is 2.66. The van der Waals surface area contributed by atoms with E-state index in [0.717, 1.165) is 15.6 Å². The van der Waals surface area contributed by atoms with Crippen molar-refractivity contribution in [3.63, 3.8) is 0 Å². The molecule has 0 fully saturated rings. The van der Waals surface area contributed by atoms with Crippen LogP contribution in [0, 0.1) is 0 Å². The lowest BCUT2D eigenvalue weighted by molar-refractivity contribution is 0.0532. The van der Waals surface area contributed by atoms with Crippen LogP contribution >= 0.6 is 22.9 Å². The third-order valence-electron chi connectivity index (χ3n) is 2.34. The van der Waals surface area contributed by atoms with Crippen molar-refractivity contribution in [2.45, 2.75) is 13.5 Å². The Bertz CT molecular complexity index is 562. The van der Waals surface area contributed by atoms with Crippen LogP contribution in [0.2, 0.25) is 5.02 Å². The molecule has 0 bridgehead atoms. The minimum atomic E-state index is -0.399. The maximum Gasteiger partial charge on any atom is 0.349 e. The molecule has 1 aromatic carbocycles. The second kappa shape index (κ2) is 5.04. The fourth-order valence-corrected chi connectivity index (χ4v) is 3.00. The summed E-state index contributed by atoms with van der Waals surface area (Å²) in [7, 11) is 0. The number of hydrogen-bond acceptors (Lipinski definition) is 4. The van der Waals surface area contributed by atoms with Gasteiger partial charge in [0.2, 0.25) is 0 Å². The highest BCUT2D eigenvalue weighted by Gasteiger charge is 2.18. The SMILES string of the molecule is CCOC(=O)c1sc2cc(CO)ccc2c1Cl. The summed E-state index contributed by atoms with van der Waals surface area (Å²) < 4.78 is 5.81. The Balaban J connectivity index is 2.52. The van der Waals surface area contributed by atoms with Crippen LogP contribution in [0.25, 0.3) is 10.1 Å². The fourth-order valence-electron chi connectivity index (χ4n) is 1.54. The number of thiophene rings is 1. The van der Waals surface area contributed by atoms with Crippen LogP contribution in [0.3, 0.4) is 0 Å². The van der Waals surface area contributed by atoms with Crippen molar-refractivity contribution in [2.24, 2.45) is 0 Å².